The normalized spacial score (nSPS) is 11.3. The molecular formula is C17H17ClN4O2S. The smallest absolute Gasteiger partial charge is 0.263 e. The zero-order valence-corrected chi connectivity index (χ0v) is 15.3. The summed E-state index contributed by atoms with van der Waals surface area (Å²) in [6.07, 6.45) is 1.79. The summed E-state index contributed by atoms with van der Waals surface area (Å²) < 4.78 is 7.44. The molecule has 0 atom stereocenters. The Morgan fingerprint density at radius 3 is 2.76 bits per heavy atom. The number of amides is 1. The lowest BCUT2D eigenvalue weighted by Gasteiger charge is -2.25. The highest BCUT2D eigenvalue weighted by Gasteiger charge is 2.29. The molecule has 6 nitrogen and oxygen atoms in total. The van der Waals surface area contributed by atoms with E-state index in [1.165, 1.54) is 0 Å². The van der Waals surface area contributed by atoms with Crippen LogP contribution in [0.2, 0.25) is 5.02 Å². The maximum atomic E-state index is 12.4. The number of thiophene rings is 1. The van der Waals surface area contributed by atoms with E-state index in [4.69, 9.17) is 16.3 Å². The van der Waals surface area contributed by atoms with Gasteiger partial charge in [-0.05, 0) is 55.6 Å². The second-order valence-electron chi connectivity index (χ2n) is 5.85. The molecule has 0 spiro atoms. The van der Waals surface area contributed by atoms with Crippen molar-refractivity contribution in [2.24, 2.45) is 0 Å². The van der Waals surface area contributed by atoms with E-state index in [1.807, 2.05) is 17.5 Å². The Kier molecular flexibility index (Phi) is 5.06. The van der Waals surface area contributed by atoms with E-state index >= 15 is 0 Å². The minimum Gasteiger partial charge on any atom is -0.478 e. The summed E-state index contributed by atoms with van der Waals surface area (Å²) in [4.78, 5) is 12.4. The molecule has 2 aromatic heterocycles. The Morgan fingerprint density at radius 2 is 2.08 bits per heavy atom. The first-order valence-corrected chi connectivity index (χ1v) is 8.88. The summed E-state index contributed by atoms with van der Waals surface area (Å²) in [5.41, 5.74) is -0.360. The fourth-order valence-corrected chi connectivity index (χ4v) is 2.89. The number of benzene rings is 1. The molecule has 3 aromatic rings. The van der Waals surface area contributed by atoms with Crippen molar-refractivity contribution in [2.45, 2.75) is 26.0 Å². The van der Waals surface area contributed by atoms with E-state index in [2.05, 4.69) is 15.6 Å². The van der Waals surface area contributed by atoms with Gasteiger partial charge in [0.2, 0.25) is 0 Å². The van der Waals surface area contributed by atoms with Gasteiger partial charge in [0.15, 0.2) is 5.60 Å². The molecule has 0 aliphatic rings. The van der Waals surface area contributed by atoms with Gasteiger partial charge in [-0.3, -0.25) is 4.79 Å². The predicted octanol–water partition coefficient (Wildman–Crippen LogP) is 3.46. The van der Waals surface area contributed by atoms with Crippen molar-refractivity contribution < 1.29 is 9.53 Å². The van der Waals surface area contributed by atoms with E-state index in [9.17, 15) is 4.79 Å². The van der Waals surface area contributed by atoms with Crippen LogP contribution in [-0.4, -0.2) is 26.5 Å². The number of nitrogens with zero attached hydrogens (tertiary/aromatic N) is 3. The SMILES string of the molecule is CC(C)(Oc1ccc(Cl)cc1)C(=O)NCc1cn(-c2cccs2)nn1. The molecule has 2 heterocycles. The lowest BCUT2D eigenvalue weighted by molar-refractivity contribution is -0.134. The van der Waals surface area contributed by atoms with E-state index in [0.29, 0.717) is 16.5 Å². The second kappa shape index (κ2) is 7.25. The van der Waals surface area contributed by atoms with Gasteiger partial charge >= 0.3 is 0 Å². The topological polar surface area (TPSA) is 69.0 Å². The Bertz CT molecular complexity index is 844. The minimum atomic E-state index is -1.03. The summed E-state index contributed by atoms with van der Waals surface area (Å²) in [5, 5.41) is 14.5. The molecule has 8 heteroatoms. The van der Waals surface area contributed by atoms with Gasteiger partial charge in [-0.1, -0.05) is 16.8 Å². The fraction of sp³-hybridized carbons (Fsp3) is 0.235. The van der Waals surface area contributed by atoms with Crippen LogP contribution in [-0.2, 0) is 11.3 Å². The van der Waals surface area contributed by atoms with Gasteiger partial charge < -0.3 is 10.1 Å². The van der Waals surface area contributed by atoms with E-state index in [-0.39, 0.29) is 12.5 Å². The molecule has 0 saturated heterocycles. The van der Waals surface area contributed by atoms with Gasteiger partial charge in [0.25, 0.3) is 5.91 Å². The van der Waals surface area contributed by atoms with Gasteiger partial charge in [-0.15, -0.1) is 16.4 Å². The van der Waals surface area contributed by atoms with Crippen LogP contribution in [0, 0.1) is 0 Å². The Morgan fingerprint density at radius 1 is 1.32 bits per heavy atom. The standard InChI is InChI=1S/C17H17ClN4O2S/c1-17(2,24-14-7-5-12(18)6-8-14)16(23)19-10-13-11-22(21-20-13)15-4-3-9-25-15/h3-9,11H,10H2,1-2H3,(H,19,23). The van der Waals surface area contributed by atoms with Crippen LogP contribution in [0.1, 0.15) is 19.5 Å². The highest BCUT2D eigenvalue weighted by atomic mass is 35.5. The van der Waals surface area contributed by atoms with Gasteiger partial charge in [-0.2, -0.15) is 0 Å². The number of hydrogen-bond acceptors (Lipinski definition) is 5. The highest BCUT2D eigenvalue weighted by Crippen LogP contribution is 2.21. The molecule has 0 saturated carbocycles. The van der Waals surface area contributed by atoms with Gasteiger partial charge in [0.1, 0.15) is 16.4 Å². The van der Waals surface area contributed by atoms with Crippen molar-refractivity contribution in [2.75, 3.05) is 0 Å². The maximum absolute atomic E-state index is 12.4. The average Bonchev–Trinajstić information content (AvgIpc) is 3.25. The quantitative estimate of drug-likeness (QED) is 0.715. The number of nitrogens with one attached hydrogen (secondary N) is 1. The molecule has 3 rings (SSSR count). The van der Waals surface area contributed by atoms with E-state index in [0.717, 1.165) is 5.00 Å². The fourth-order valence-electron chi connectivity index (χ4n) is 2.11. The molecule has 0 unspecified atom stereocenters. The summed E-state index contributed by atoms with van der Waals surface area (Å²) in [7, 11) is 0. The molecule has 1 amide bonds. The van der Waals surface area contributed by atoms with Crippen LogP contribution in [0.3, 0.4) is 0 Å². The van der Waals surface area contributed by atoms with Gasteiger partial charge in [-0.25, -0.2) is 4.68 Å². The van der Waals surface area contributed by atoms with Crippen molar-refractivity contribution in [1.82, 2.24) is 20.3 Å². The lowest BCUT2D eigenvalue weighted by Crippen LogP contribution is -2.46. The molecular weight excluding hydrogens is 360 g/mol. The molecule has 1 aromatic carbocycles. The molecule has 0 fully saturated rings. The number of ether oxygens (including phenoxy) is 1. The third-order valence-electron chi connectivity index (χ3n) is 3.44. The minimum absolute atomic E-state index is 0.242. The first-order chi connectivity index (χ1) is 11.9. The highest BCUT2D eigenvalue weighted by molar-refractivity contribution is 7.12. The van der Waals surface area contributed by atoms with Crippen molar-refractivity contribution in [3.8, 4) is 10.8 Å². The van der Waals surface area contributed by atoms with Crippen LogP contribution in [0.15, 0.2) is 48.0 Å². The van der Waals surface area contributed by atoms with Crippen molar-refractivity contribution >= 4 is 28.8 Å². The van der Waals surface area contributed by atoms with Crippen molar-refractivity contribution in [1.29, 1.82) is 0 Å². The van der Waals surface area contributed by atoms with Crippen LogP contribution >= 0.6 is 22.9 Å². The molecule has 0 bridgehead atoms. The van der Waals surface area contributed by atoms with E-state index in [1.54, 1.807) is 60.3 Å². The third-order valence-corrected chi connectivity index (χ3v) is 4.55. The molecule has 0 aliphatic heterocycles. The first kappa shape index (κ1) is 17.4. The number of carbonyl (C=O) groups is 1. The van der Waals surface area contributed by atoms with Gasteiger partial charge in [0, 0.05) is 5.02 Å². The van der Waals surface area contributed by atoms with E-state index < -0.39 is 5.60 Å². The Labute approximate surface area is 154 Å². The van der Waals surface area contributed by atoms with Gasteiger partial charge in [0.05, 0.1) is 12.7 Å². The molecule has 130 valence electrons. The molecule has 0 aliphatic carbocycles. The van der Waals surface area contributed by atoms with Crippen LogP contribution in [0.5, 0.6) is 5.75 Å². The summed E-state index contributed by atoms with van der Waals surface area (Å²) in [5.74, 6) is 0.335. The monoisotopic (exact) mass is 376 g/mol. The lowest BCUT2D eigenvalue weighted by atomic mass is 10.1. The Hall–Kier alpha value is -2.38. The van der Waals surface area contributed by atoms with Crippen LogP contribution in [0.4, 0.5) is 0 Å². The molecule has 25 heavy (non-hydrogen) atoms. The zero-order chi connectivity index (χ0) is 17.9. The summed E-state index contributed by atoms with van der Waals surface area (Å²) in [6, 6.07) is 10.8. The molecule has 0 radical (unpaired) electrons. The second-order valence-corrected chi connectivity index (χ2v) is 7.22. The zero-order valence-electron chi connectivity index (χ0n) is 13.8. The summed E-state index contributed by atoms with van der Waals surface area (Å²) >= 11 is 7.42. The van der Waals surface area contributed by atoms with Crippen molar-refractivity contribution in [3.05, 3.63) is 58.7 Å². The number of hydrogen-bond donors (Lipinski definition) is 1. The first-order valence-electron chi connectivity index (χ1n) is 7.62. The Balaban J connectivity index is 1.58. The third kappa shape index (κ3) is 4.37. The van der Waals surface area contributed by atoms with Crippen LogP contribution in [0.25, 0.3) is 5.00 Å². The largest absolute Gasteiger partial charge is 0.478 e. The number of halogens is 1. The average molecular weight is 377 g/mol. The summed E-state index contributed by atoms with van der Waals surface area (Å²) in [6.45, 7) is 3.69. The number of aromatic nitrogens is 3. The number of rotatable bonds is 6. The van der Waals surface area contributed by atoms with Crippen molar-refractivity contribution in [3.63, 3.8) is 0 Å². The molecule has 1 N–H and O–H groups in total. The number of carbonyl (C=O) groups excluding carboxylic acids is 1. The predicted molar refractivity (Wildman–Crippen MR) is 97.2 cm³/mol. The maximum Gasteiger partial charge on any atom is 0.263 e. The van der Waals surface area contributed by atoms with Crippen LogP contribution < -0.4 is 10.1 Å².